The maximum atomic E-state index is 13.5. The van der Waals surface area contributed by atoms with E-state index >= 15 is 0 Å². The second kappa shape index (κ2) is 13.4. The molecular weight excluding hydrogens is 623 g/mol. The topological polar surface area (TPSA) is 124 Å². The number of benzene rings is 2. The van der Waals surface area contributed by atoms with Gasteiger partial charge in [-0.3, -0.25) is 18.7 Å². The Labute approximate surface area is 268 Å². The van der Waals surface area contributed by atoms with Crippen LogP contribution in [0.1, 0.15) is 38.3 Å². The fraction of sp³-hybridized carbons (Fsp3) is 0.438. The van der Waals surface area contributed by atoms with Gasteiger partial charge in [0, 0.05) is 49.2 Å². The number of carbonyl (C=O) groups is 2. The van der Waals surface area contributed by atoms with Gasteiger partial charge in [0.2, 0.25) is 5.91 Å². The predicted molar refractivity (Wildman–Crippen MR) is 166 cm³/mol. The van der Waals surface area contributed by atoms with Crippen molar-refractivity contribution in [1.29, 1.82) is 0 Å². The van der Waals surface area contributed by atoms with Gasteiger partial charge in [-0.15, -0.1) is 13.2 Å². The van der Waals surface area contributed by atoms with E-state index in [4.69, 9.17) is 9.47 Å². The molecule has 3 aromatic rings. The molecule has 3 amide bonds. The molecule has 1 fully saturated rings. The van der Waals surface area contributed by atoms with Crippen LogP contribution >= 0.6 is 0 Å². The lowest BCUT2D eigenvalue weighted by Crippen LogP contribution is -2.51. The molecule has 12 nitrogen and oxygen atoms in total. The van der Waals surface area contributed by atoms with E-state index in [-0.39, 0.29) is 28.9 Å². The molecule has 0 spiro atoms. The Bertz CT molecular complexity index is 1780. The molecule has 47 heavy (non-hydrogen) atoms. The van der Waals surface area contributed by atoms with Crippen molar-refractivity contribution < 1.29 is 37.0 Å². The fourth-order valence-electron chi connectivity index (χ4n) is 6.06. The molecule has 3 heterocycles. The van der Waals surface area contributed by atoms with Crippen molar-refractivity contribution in [3.8, 4) is 28.4 Å². The van der Waals surface area contributed by atoms with Crippen LogP contribution in [0.5, 0.6) is 17.2 Å². The average molecular weight is 660 g/mol. The molecule has 0 radical (unpaired) electrons. The van der Waals surface area contributed by atoms with Crippen LogP contribution in [0.2, 0.25) is 0 Å². The third-order valence-corrected chi connectivity index (χ3v) is 8.41. The molecule has 252 valence electrons. The highest BCUT2D eigenvalue weighted by molar-refractivity contribution is 5.91. The van der Waals surface area contributed by atoms with Crippen molar-refractivity contribution >= 4 is 17.6 Å². The van der Waals surface area contributed by atoms with Crippen LogP contribution in [0.4, 0.5) is 23.7 Å². The lowest BCUT2D eigenvalue weighted by atomic mass is 10.0. The van der Waals surface area contributed by atoms with E-state index in [9.17, 15) is 32.3 Å². The Hall–Kier alpha value is -4.95. The lowest BCUT2D eigenvalue weighted by molar-refractivity contribution is -0.274. The van der Waals surface area contributed by atoms with Crippen LogP contribution in [-0.2, 0) is 17.8 Å². The number of alkyl halides is 3. The summed E-state index contributed by atoms with van der Waals surface area (Å²) in [5.74, 6) is -0.725. The van der Waals surface area contributed by atoms with Crippen LogP contribution < -0.4 is 30.8 Å². The number of methoxy groups -OCH3 is 2. The summed E-state index contributed by atoms with van der Waals surface area (Å²) in [5.41, 5.74) is -0.453. The Balaban J connectivity index is 1.35. The monoisotopic (exact) mass is 659 g/mol. The van der Waals surface area contributed by atoms with E-state index < -0.39 is 41.9 Å². The Kier molecular flexibility index (Phi) is 9.54. The standard InChI is InChI=1S/C32H36F3N5O7/c1-19(2)40-29(42)24(23-6-5-7-26(46-4)28(23)47-32(33,34)35)17-38(31(40)44)18-27(41)37-13-11-21(12-14-37)39-15-10-20-16-22(45-3)8-9-25(20)36-30(39)43/h5-9,16-17,19,21H,10-15,18H2,1-4H3,(H,36,43). The summed E-state index contributed by atoms with van der Waals surface area (Å²) >= 11 is 0. The number of para-hydroxylation sites is 1. The molecular formula is C32H36F3N5O7. The molecule has 1 saturated heterocycles. The summed E-state index contributed by atoms with van der Waals surface area (Å²) < 4.78 is 56.6. The number of anilines is 1. The lowest BCUT2D eigenvalue weighted by Gasteiger charge is -2.38. The second-order valence-electron chi connectivity index (χ2n) is 11.6. The highest BCUT2D eigenvalue weighted by atomic mass is 19.4. The molecule has 5 rings (SSSR count). The van der Waals surface area contributed by atoms with Gasteiger partial charge in [0.15, 0.2) is 11.5 Å². The molecule has 2 aliphatic heterocycles. The maximum absolute atomic E-state index is 13.5. The summed E-state index contributed by atoms with van der Waals surface area (Å²) in [6.45, 7) is 3.83. The minimum absolute atomic E-state index is 0.118. The van der Waals surface area contributed by atoms with E-state index in [1.54, 1.807) is 36.8 Å². The Morgan fingerprint density at radius 2 is 1.72 bits per heavy atom. The van der Waals surface area contributed by atoms with Crippen LogP contribution in [0.25, 0.3) is 11.1 Å². The smallest absolute Gasteiger partial charge is 0.497 e. The molecule has 0 aliphatic carbocycles. The number of urea groups is 1. The number of ether oxygens (including phenoxy) is 3. The minimum atomic E-state index is -5.09. The molecule has 1 N–H and O–H groups in total. The number of nitrogens with zero attached hydrogens (tertiary/aromatic N) is 4. The third-order valence-electron chi connectivity index (χ3n) is 8.41. The average Bonchev–Trinajstić information content (AvgIpc) is 3.19. The van der Waals surface area contributed by atoms with Crippen molar-refractivity contribution in [2.45, 2.75) is 58.1 Å². The van der Waals surface area contributed by atoms with Crippen molar-refractivity contribution in [2.24, 2.45) is 0 Å². The second-order valence-corrected chi connectivity index (χ2v) is 11.6. The zero-order valence-electron chi connectivity index (χ0n) is 26.4. The van der Waals surface area contributed by atoms with Gasteiger partial charge in [-0.05, 0) is 62.9 Å². The Morgan fingerprint density at radius 3 is 2.36 bits per heavy atom. The molecule has 0 bridgehead atoms. The van der Waals surface area contributed by atoms with Gasteiger partial charge in [-0.1, -0.05) is 12.1 Å². The molecule has 0 unspecified atom stereocenters. The molecule has 15 heteroatoms. The molecule has 2 aromatic carbocycles. The zero-order valence-corrected chi connectivity index (χ0v) is 26.4. The summed E-state index contributed by atoms with van der Waals surface area (Å²) in [6.07, 6.45) is -2.37. The van der Waals surface area contributed by atoms with E-state index in [0.29, 0.717) is 44.6 Å². The van der Waals surface area contributed by atoms with Gasteiger partial charge < -0.3 is 29.3 Å². The first kappa shape index (κ1) is 33.4. The first-order chi connectivity index (χ1) is 22.3. The largest absolute Gasteiger partial charge is 0.573 e. The quantitative estimate of drug-likeness (QED) is 0.384. The van der Waals surface area contributed by atoms with Gasteiger partial charge in [-0.2, -0.15) is 0 Å². The summed E-state index contributed by atoms with van der Waals surface area (Å²) in [5, 5.41) is 2.96. The molecule has 2 aliphatic rings. The van der Waals surface area contributed by atoms with Crippen LogP contribution in [-0.4, -0.2) is 77.1 Å². The number of amides is 3. The first-order valence-corrected chi connectivity index (χ1v) is 15.1. The van der Waals surface area contributed by atoms with Crippen molar-refractivity contribution in [2.75, 3.05) is 39.2 Å². The number of hydrogen-bond acceptors (Lipinski definition) is 7. The number of carbonyl (C=O) groups excluding carboxylic acids is 2. The normalized spacial score (nSPS) is 15.6. The first-order valence-electron chi connectivity index (χ1n) is 15.1. The van der Waals surface area contributed by atoms with Gasteiger partial charge in [0.25, 0.3) is 5.56 Å². The van der Waals surface area contributed by atoms with Crippen LogP contribution in [0, 0.1) is 0 Å². The predicted octanol–water partition coefficient (Wildman–Crippen LogP) is 4.25. The highest BCUT2D eigenvalue weighted by Gasteiger charge is 2.35. The van der Waals surface area contributed by atoms with Gasteiger partial charge in [-0.25, -0.2) is 9.59 Å². The number of nitrogens with one attached hydrogen (secondary N) is 1. The van der Waals surface area contributed by atoms with Crippen molar-refractivity contribution in [3.63, 3.8) is 0 Å². The van der Waals surface area contributed by atoms with Gasteiger partial charge >= 0.3 is 18.1 Å². The fourth-order valence-corrected chi connectivity index (χ4v) is 6.06. The van der Waals surface area contributed by atoms with Crippen molar-refractivity contribution in [1.82, 2.24) is 18.9 Å². The third kappa shape index (κ3) is 7.08. The number of halogens is 3. The van der Waals surface area contributed by atoms with Crippen LogP contribution in [0.15, 0.2) is 52.2 Å². The number of likely N-dealkylation sites (tertiary alicyclic amines) is 1. The van der Waals surface area contributed by atoms with Gasteiger partial charge in [0.1, 0.15) is 12.3 Å². The van der Waals surface area contributed by atoms with E-state index in [0.717, 1.165) is 33.7 Å². The maximum Gasteiger partial charge on any atom is 0.573 e. The van der Waals surface area contributed by atoms with E-state index in [1.165, 1.54) is 18.2 Å². The van der Waals surface area contributed by atoms with E-state index in [1.807, 2.05) is 12.1 Å². The number of hydrogen-bond donors (Lipinski definition) is 1. The molecule has 1 aromatic heterocycles. The van der Waals surface area contributed by atoms with Crippen molar-refractivity contribution in [3.05, 3.63) is 69.0 Å². The summed E-state index contributed by atoms with van der Waals surface area (Å²) in [6, 6.07) is 8.37. The van der Waals surface area contributed by atoms with E-state index in [2.05, 4.69) is 10.1 Å². The summed E-state index contributed by atoms with van der Waals surface area (Å²) in [7, 11) is 2.74. The molecule has 0 saturated carbocycles. The number of fused-ring (bicyclic) bond motifs is 1. The van der Waals surface area contributed by atoms with Crippen LogP contribution in [0.3, 0.4) is 0 Å². The number of aromatic nitrogens is 2. The summed E-state index contributed by atoms with van der Waals surface area (Å²) in [4.78, 5) is 56.8. The number of piperidine rings is 1. The molecule has 0 atom stereocenters. The highest BCUT2D eigenvalue weighted by Crippen LogP contribution is 2.40. The minimum Gasteiger partial charge on any atom is -0.497 e. The number of rotatable bonds is 8. The SMILES string of the molecule is COc1ccc2c(c1)CCN(C1CCN(C(=O)Cn3cc(-c4cccc(OC)c4OC(F)(F)F)c(=O)n(C(C)C)c3=O)CC1)C(=O)N2. The van der Waals surface area contributed by atoms with Gasteiger partial charge in [0.05, 0.1) is 19.8 Å². The zero-order chi connectivity index (χ0) is 34.0. The Morgan fingerprint density at radius 1 is 1.00 bits per heavy atom.